The zero-order chi connectivity index (χ0) is 33.2. The lowest BCUT2D eigenvalue weighted by Crippen LogP contribution is -2.32. The van der Waals surface area contributed by atoms with E-state index in [4.69, 9.17) is 4.74 Å². The van der Waals surface area contributed by atoms with Gasteiger partial charge in [0.15, 0.2) is 0 Å². The molecule has 49 heavy (non-hydrogen) atoms. The molecule has 7 aromatic rings. The minimum Gasteiger partial charge on any atom is -0.457 e. The van der Waals surface area contributed by atoms with E-state index < -0.39 is 15.4 Å². The van der Waals surface area contributed by atoms with E-state index in [1.54, 1.807) is 0 Å². The van der Waals surface area contributed by atoms with Crippen LogP contribution in [0.5, 0.6) is 11.5 Å². The van der Waals surface area contributed by atoms with Crippen LogP contribution in [-0.4, -0.2) is 18.8 Å². The Kier molecular flexibility index (Phi) is 6.82. The summed E-state index contributed by atoms with van der Waals surface area (Å²) in [6.07, 6.45) is 7.06. The molecular weight excluding hydrogens is 615 g/mol. The van der Waals surface area contributed by atoms with Gasteiger partial charge in [-0.05, 0) is 106 Å². The summed E-state index contributed by atoms with van der Waals surface area (Å²) >= 11 is 0. The average Bonchev–Trinajstić information content (AvgIpc) is 3.44. The van der Waals surface area contributed by atoms with E-state index in [9.17, 15) is 0 Å². The first-order valence-electron chi connectivity index (χ1n) is 16.8. The van der Waals surface area contributed by atoms with Crippen molar-refractivity contribution in [1.29, 1.82) is 0 Å². The van der Waals surface area contributed by atoms with E-state index >= 15 is 0 Å². The molecule has 0 radical (unpaired) electrons. The van der Waals surface area contributed by atoms with E-state index in [0.29, 0.717) is 0 Å². The van der Waals surface area contributed by atoms with E-state index in [2.05, 4.69) is 194 Å². The van der Waals surface area contributed by atoms with Crippen molar-refractivity contribution in [2.45, 2.75) is 10.3 Å². The van der Waals surface area contributed by atoms with Crippen molar-refractivity contribution in [3.63, 3.8) is 0 Å². The highest BCUT2D eigenvalue weighted by Gasteiger charge is 2.51. The first-order chi connectivity index (χ1) is 23.9. The molecule has 0 atom stereocenters. The van der Waals surface area contributed by atoms with E-state index in [0.717, 1.165) is 28.6 Å². The number of fused-ring (bicyclic) bond motifs is 9. The van der Waals surface area contributed by atoms with Crippen molar-refractivity contribution in [3.05, 3.63) is 192 Å². The lowest BCUT2D eigenvalue weighted by molar-refractivity contribution is 0.436. The van der Waals surface area contributed by atoms with Crippen molar-refractivity contribution in [2.75, 3.05) is 23.7 Å². The number of hydrogen-bond donors (Lipinski definition) is 0. The molecule has 2 nitrogen and oxygen atoms in total. The van der Waals surface area contributed by atoms with Crippen LogP contribution >= 0.6 is 10.0 Å². The van der Waals surface area contributed by atoms with Crippen molar-refractivity contribution in [3.8, 4) is 33.8 Å². The summed E-state index contributed by atoms with van der Waals surface area (Å²) in [7, 11) is -0.866. The quantitative estimate of drug-likeness (QED) is 0.184. The van der Waals surface area contributed by atoms with Gasteiger partial charge in [-0.15, -0.1) is 0 Å². The number of para-hydroxylation sites is 2. The number of benzene rings is 7. The van der Waals surface area contributed by atoms with E-state index in [1.807, 2.05) is 0 Å². The molecule has 0 aromatic heterocycles. The summed E-state index contributed by atoms with van der Waals surface area (Å²) in [6, 6.07) is 61.8. The summed E-state index contributed by atoms with van der Waals surface area (Å²) in [6.45, 7) is 0. The maximum Gasteiger partial charge on any atom is 0.132 e. The fourth-order valence-corrected chi connectivity index (χ4v) is 8.89. The predicted octanol–water partition coefficient (Wildman–Crippen LogP) is 12.3. The number of rotatable bonds is 5. The van der Waals surface area contributed by atoms with Gasteiger partial charge in [-0.2, -0.15) is 0 Å². The average molecular weight is 652 g/mol. The maximum atomic E-state index is 6.59. The highest BCUT2D eigenvalue weighted by molar-refractivity contribution is 8.32. The third kappa shape index (κ3) is 4.57. The summed E-state index contributed by atoms with van der Waals surface area (Å²) in [5.41, 5.74) is 12.7. The second-order valence-corrected chi connectivity index (χ2v) is 17.8. The maximum absolute atomic E-state index is 6.59. The Morgan fingerprint density at radius 3 is 1.59 bits per heavy atom. The van der Waals surface area contributed by atoms with Gasteiger partial charge < -0.3 is 9.64 Å². The van der Waals surface area contributed by atoms with Gasteiger partial charge >= 0.3 is 0 Å². The van der Waals surface area contributed by atoms with Crippen LogP contribution in [0.25, 0.3) is 22.3 Å². The van der Waals surface area contributed by atoms with Gasteiger partial charge in [0.1, 0.15) is 11.5 Å². The highest BCUT2D eigenvalue weighted by atomic mass is 32.3. The van der Waals surface area contributed by atoms with Crippen LogP contribution in [0.15, 0.2) is 175 Å². The van der Waals surface area contributed by atoms with Crippen LogP contribution in [0.3, 0.4) is 0 Å². The Hall–Kier alpha value is -5.51. The van der Waals surface area contributed by atoms with Crippen molar-refractivity contribution in [1.82, 2.24) is 0 Å². The molecule has 3 heteroatoms. The number of hydrogen-bond acceptors (Lipinski definition) is 2. The SMILES string of the molecule is CS(C)(C)c1ccc(N(c2ccc(-c3ccccc3)cc2)c2cccc3c2-c2ccccc2C32c3ccccc3Oc3ccccc32)cc1. The Morgan fingerprint density at radius 2 is 0.959 bits per heavy atom. The molecule has 9 rings (SSSR count). The monoisotopic (exact) mass is 651 g/mol. The lowest BCUT2D eigenvalue weighted by atomic mass is 9.66. The normalized spacial score (nSPS) is 13.9. The van der Waals surface area contributed by atoms with Gasteiger partial charge in [-0.3, -0.25) is 0 Å². The standard InChI is InChI=1S/C46H37NOS/c1-49(2,3)36-30-28-35(29-31-36)47(34-26-24-33(25-27-34)32-14-5-4-6-15-32)42-21-13-20-41-45(42)37-16-7-8-17-38(37)46(41)39-18-9-11-22-43(39)48-44-23-12-10-19-40(44)46/h4-31H,1-3H3. The minimum atomic E-state index is -0.866. The smallest absolute Gasteiger partial charge is 0.132 e. The molecule has 0 fully saturated rings. The third-order valence-electron chi connectivity index (χ3n) is 10.1. The van der Waals surface area contributed by atoms with Gasteiger partial charge in [-0.1, -0.05) is 115 Å². The van der Waals surface area contributed by atoms with Crippen LogP contribution < -0.4 is 9.64 Å². The second-order valence-electron chi connectivity index (χ2n) is 13.7. The molecule has 238 valence electrons. The number of ether oxygens (including phenoxy) is 1. The van der Waals surface area contributed by atoms with Gasteiger partial charge in [0.2, 0.25) is 0 Å². The number of anilines is 3. The van der Waals surface area contributed by atoms with Gasteiger partial charge in [-0.25, -0.2) is 10.0 Å². The predicted molar refractivity (Wildman–Crippen MR) is 208 cm³/mol. The van der Waals surface area contributed by atoms with Crippen molar-refractivity contribution < 1.29 is 4.74 Å². The topological polar surface area (TPSA) is 12.5 Å². The zero-order valence-electron chi connectivity index (χ0n) is 27.9. The van der Waals surface area contributed by atoms with E-state index in [-0.39, 0.29) is 0 Å². The van der Waals surface area contributed by atoms with Crippen LogP contribution in [0.2, 0.25) is 0 Å². The Balaban J connectivity index is 1.32. The molecule has 2 aliphatic rings. The largest absolute Gasteiger partial charge is 0.457 e. The summed E-state index contributed by atoms with van der Waals surface area (Å²) in [5, 5.41) is 0. The van der Waals surface area contributed by atoms with Crippen molar-refractivity contribution >= 4 is 27.1 Å². The highest BCUT2D eigenvalue weighted by Crippen LogP contribution is 2.64. The van der Waals surface area contributed by atoms with Crippen LogP contribution in [0.1, 0.15) is 22.3 Å². The van der Waals surface area contributed by atoms with Crippen LogP contribution in [0, 0.1) is 0 Å². The molecule has 1 aliphatic carbocycles. The number of nitrogens with zero attached hydrogens (tertiary/aromatic N) is 1. The molecule has 7 aromatic carbocycles. The van der Waals surface area contributed by atoms with Gasteiger partial charge in [0.25, 0.3) is 0 Å². The molecule has 0 N–H and O–H groups in total. The molecule has 0 unspecified atom stereocenters. The minimum absolute atomic E-state index is 0.518. The second kappa shape index (κ2) is 11.3. The molecule has 0 saturated heterocycles. The third-order valence-corrected chi connectivity index (χ3v) is 11.8. The van der Waals surface area contributed by atoms with E-state index in [1.165, 1.54) is 49.4 Å². The van der Waals surface area contributed by atoms with Gasteiger partial charge in [0.05, 0.1) is 11.1 Å². The van der Waals surface area contributed by atoms with Gasteiger partial charge in [0, 0.05) is 28.1 Å². The summed E-state index contributed by atoms with van der Waals surface area (Å²) < 4.78 is 6.59. The Morgan fingerprint density at radius 1 is 0.449 bits per heavy atom. The molecule has 1 spiro atoms. The van der Waals surface area contributed by atoms with Crippen molar-refractivity contribution in [2.24, 2.45) is 0 Å². The van der Waals surface area contributed by atoms with Crippen LogP contribution in [0.4, 0.5) is 17.1 Å². The molecule has 0 saturated carbocycles. The molecule has 0 bridgehead atoms. The molecule has 0 amide bonds. The zero-order valence-corrected chi connectivity index (χ0v) is 28.7. The molecule has 1 aliphatic heterocycles. The first kappa shape index (κ1) is 29.6. The first-order valence-corrected chi connectivity index (χ1v) is 19.6. The summed E-state index contributed by atoms with van der Waals surface area (Å²) in [4.78, 5) is 3.84. The van der Waals surface area contributed by atoms with Crippen LogP contribution in [-0.2, 0) is 5.41 Å². The molecular formula is C46H37NOS. The summed E-state index contributed by atoms with van der Waals surface area (Å²) in [5.74, 6) is 1.81. The fourth-order valence-electron chi connectivity index (χ4n) is 7.93. The Bertz CT molecular complexity index is 2290. The Labute approximate surface area is 290 Å². The fraction of sp³-hybridized carbons (Fsp3) is 0.0870. The lowest BCUT2D eigenvalue weighted by Gasteiger charge is -2.39. The molecule has 1 heterocycles.